The Morgan fingerprint density at radius 1 is 0.885 bits per heavy atom. The van der Waals surface area contributed by atoms with Crippen molar-refractivity contribution in [2.45, 2.75) is 12.1 Å². The van der Waals surface area contributed by atoms with Crippen molar-refractivity contribution in [3.05, 3.63) is 110 Å². The minimum absolute atomic E-state index is 0.246. The van der Waals surface area contributed by atoms with E-state index in [-0.39, 0.29) is 4.92 Å². The molecule has 0 saturated heterocycles. The summed E-state index contributed by atoms with van der Waals surface area (Å²) in [7, 11) is 0. The highest BCUT2D eigenvalue weighted by Gasteiger charge is 2.34. The van der Waals surface area contributed by atoms with Gasteiger partial charge in [0.15, 0.2) is 0 Å². The molecule has 3 aromatic rings. The fraction of sp³-hybridized carbons (Fsp3) is 0.100. The Balaban J connectivity index is 2.03. The molecule has 26 heavy (non-hydrogen) atoms. The van der Waals surface area contributed by atoms with Crippen LogP contribution in [0, 0.1) is 10.1 Å². The SMILES string of the molecule is O=[N+]([O-])C(c1ccc(Br)cc1)C(Nc1ccc(Cl)cc1)c1ccccc1. The summed E-state index contributed by atoms with van der Waals surface area (Å²) >= 11 is 9.32. The van der Waals surface area contributed by atoms with Gasteiger partial charge in [-0.25, -0.2) is 0 Å². The molecule has 6 heteroatoms. The Kier molecular flexibility index (Phi) is 5.91. The first-order valence-corrected chi connectivity index (χ1v) is 9.18. The molecule has 0 saturated carbocycles. The van der Waals surface area contributed by atoms with Crippen LogP contribution < -0.4 is 5.32 Å². The molecule has 0 aliphatic carbocycles. The molecule has 0 radical (unpaired) electrons. The van der Waals surface area contributed by atoms with Crippen LogP contribution in [0.25, 0.3) is 0 Å². The van der Waals surface area contributed by atoms with Gasteiger partial charge in [-0.15, -0.1) is 0 Å². The number of nitro groups is 1. The normalized spacial score (nSPS) is 13.0. The first-order chi connectivity index (χ1) is 12.5. The lowest BCUT2D eigenvalue weighted by molar-refractivity contribution is -0.532. The lowest BCUT2D eigenvalue weighted by Gasteiger charge is -2.24. The molecule has 3 aromatic carbocycles. The molecule has 0 amide bonds. The molecule has 0 heterocycles. The van der Waals surface area contributed by atoms with Gasteiger partial charge in [-0.3, -0.25) is 10.1 Å². The van der Waals surface area contributed by atoms with E-state index in [1.807, 2.05) is 54.6 Å². The highest BCUT2D eigenvalue weighted by Crippen LogP contribution is 2.35. The fourth-order valence-electron chi connectivity index (χ4n) is 2.83. The van der Waals surface area contributed by atoms with E-state index < -0.39 is 12.1 Å². The number of hydrogen-bond donors (Lipinski definition) is 1. The molecule has 0 aliphatic rings. The van der Waals surface area contributed by atoms with Gasteiger partial charge in [-0.2, -0.15) is 0 Å². The van der Waals surface area contributed by atoms with Crippen LogP contribution in [-0.2, 0) is 0 Å². The van der Waals surface area contributed by atoms with Crippen LogP contribution in [0.3, 0.4) is 0 Å². The van der Waals surface area contributed by atoms with Gasteiger partial charge in [0.2, 0.25) is 0 Å². The third kappa shape index (κ3) is 4.42. The van der Waals surface area contributed by atoms with Crippen LogP contribution in [0.5, 0.6) is 0 Å². The zero-order valence-corrected chi connectivity index (χ0v) is 16.0. The van der Waals surface area contributed by atoms with Crippen LogP contribution in [0.4, 0.5) is 5.69 Å². The highest BCUT2D eigenvalue weighted by molar-refractivity contribution is 9.10. The van der Waals surface area contributed by atoms with E-state index in [0.29, 0.717) is 10.6 Å². The van der Waals surface area contributed by atoms with Crippen LogP contribution >= 0.6 is 27.5 Å². The number of halogens is 2. The maximum atomic E-state index is 12.0. The number of anilines is 1. The first kappa shape index (κ1) is 18.4. The predicted molar refractivity (Wildman–Crippen MR) is 108 cm³/mol. The summed E-state index contributed by atoms with van der Waals surface area (Å²) in [5, 5.41) is 15.9. The monoisotopic (exact) mass is 430 g/mol. The topological polar surface area (TPSA) is 55.2 Å². The summed E-state index contributed by atoms with van der Waals surface area (Å²) in [6.45, 7) is 0. The minimum atomic E-state index is -0.943. The highest BCUT2D eigenvalue weighted by atomic mass is 79.9. The van der Waals surface area contributed by atoms with E-state index in [2.05, 4.69) is 21.2 Å². The van der Waals surface area contributed by atoms with Crippen molar-refractivity contribution >= 4 is 33.2 Å². The molecule has 3 rings (SSSR count). The van der Waals surface area contributed by atoms with Crippen molar-refractivity contribution in [1.82, 2.24) is 0 Å². The fourth-order valence-corrected chi connectivity index (χ4v) is 3.22. The van der Waals surface area contributed by atoms with Gasteiger partial charge < -0.3 is 5.32 Å². The van der Waals surface area contributed by atoms with Crippen molar-refractivity contribution in [1.29, 1.82) is 0 Å². The van der Waals surface area contributed by atoms with Crippen molar-refractivity contribution < 1.29 is 4.92 Å². The Morgan fingerprint density at radius 3 is 2.08 bits per heavy atom. The van der Waals surface area contributed by atoms with Crippen molar-refractivity contribution in [3.63, 3.8) is 0 Å². The van der Waals surface area contributed by atoms with Crippen LogP contribution in [0.2, 0.25) is 5.02 Å². The van der Waals surface area contributed by atoms with Gasteiger partial charge in [0, 0.05) is 25.7 Å². The van der Waals surface area contributed by atoms with E-state index >= 15 is 0 Å². The summed E-state index contributed by atoms with van der Waals surface area (Å²) in [6.07, 6.45) is 0. The van der Waals surface area contributed by atoms with Crippen LogP contribution in [0.1, 0.15) is 23.2 Å². The third-order valence-corrected chi connectivity index (χ3v) is 4.86. The Labute approximate surface area is 165 Å². The second kappa shape index (κ2) is 8.34. The van der Waals surface area contributed by atoms with Gasteiger partial charge in [0.05, 0.1) is 0 Å². The molecule has 1 N–H and O–H groups in total. The molecule has 0 aliphatic heterocycles. The predicted octanol–water partition coefficient (Wildman–Crippen LogP) is 6.27. The molecular weight excluding hydrogens is 416 g/mol. The minimum Gasteiger partial charge on any atom is -0.372 e. The second-order valence-corrected chi connectivity index (χ2v) is 7.17. The summed E-state index contributed by atoms with van der Waals surface area (Å²) in [6, 6.07) is 22.3. The molecule has 0 spiro atoms. The average Bonchev–Trinajstić information content (AvgIpc) is 2.65. The Morgan fingerprint density at radius 2 is 1.50 bits per heavy atom. The van der Waals surface area contributed by atoms with Crippen LogP contribution in [-0.4, -0.2) is 4.92 Å². The molecular formula is C20H16BrClN2O2. The maximum absolute atomic E-state index is 12.0. The number of benzene rings is 3. The number of nitrogens with one attached hydrogen (secondary N) is 1. The molecule has 0 fully saturated rings. The van der Waals surface area contributed by atoms with E-state index in [9.17, 15) is 10.1 Å². The molecule has 4 nitrogen and oxygen atoms in total. The molecule has 0 aromatic heterocycles. The standard InChI is InChI=1S/C20H16BrClN2O2/c21-16-8-6-15(7-9-16)20(24(25)26)19(14-4-2-1-3-5-14)23-18-12-10-17(22)11-13-18/h1-13,19-20,23H. The molecule has 132 valence electrons. The zero-order valence-electron chi connectivity index (χ0n) is 13.7. The summed E-state index contributed by atoms with van der Waals surface area (Å²) < 4.78 is 0.880. The van der Waals surface area contributed by atoms with Gasteiger partial charge in [0.1, 0.15) is 6.04 Å². The molecule has 0 bridgehead atoms. The summed E-state index contributed by atoms with van der Waals surface area (Å²) in [5.74, 6) is 0. The van der Waals surface area contributed by atoms with E-state index in [1.165, 1.54) is 0 Å². The van der Waals surface area contributed by atoms with Crippen molar-refractivity contribution in [2.75, 3.05) is 5.32 Å². The van der Waals surface area contributed by atoms with Crippen molar-refractivity contribution in [2.24, 2.45) is 0 Å². The van der Waals surface area contributed by atoms with Gasteiger partial charge in [-0.1, -0.05) is 70.0 Å². The largest absolute Gasteiger partial charge is 0.372 e. The van der Waals surface area contributed by atoms with E-state index in [0.717, 1.165) is 15.7 Å². The summed E-state index contributed by atoms with van der Waals surface area (Å²) in [4.78, 5) is 11.7. The van der Waals surface area contributed by atoms with Crippen LogP contribution in [0.15, 0.2) is 83.3 Å². The Bertz CT molecular complexity index is 871. The lowest BCUT2D eigenvalue weighted by atomic mass is 9.93. The lowest BCUT2D eigenvalue weighted by Crippen LogP contribution is -2.25. The van der Waals surface area contributed by atoms with Gasteiger partial charge >= 0.3 is 0 Å². The second-order valence-electron chi connectivity index (χ2n) is 5.82. The van der Waals surface area contributed by atoms with Gasteiger partial charge in [0.25, 0.3) is 6.04 Å². The molecule has 2 unspecified atom stereocenters. The maximum Gasteiger partial charge on any atom is 0.261 e. The molecule has 2 atom stereocenters. The Hall–Kier alpha value is -2.37. The average molecular weight is 432 g/mol. The summed E-state index contributed by atoms with van der Waals surface area (Å²) in [5.41, 5.74) is 2.24. The van der Waals surface area contributed by atoms with Gasteiger partial charge in [-0.05, 0) is 42.0 Å². The van der Waals surface area contributed by atoms with Crippen molar-refractivity contribution in [3.8, 4) is 0 Å². The third-order valence-electron chi connectivity index (χ3n) is 4.08. The number of nitrogens with zero attached hydrogens (tertiary/aromatic N) is 1. The van der Waals surface area contributed by atoms with E-state index in [1.54, 1.807) is 24.3 Å². The smallest absolute Gasteiger partial charge is 0.261 e. The first-order valence-electron chi connectivity index (χ1n) is 8.00. The number of hydrogen-bond acceptors (Lipinski definition) is 3. The quantitative estimate of drug-likeness (QED) is 0.369. The van der Waals surface area contributed by atoms with E-state index in [4.69, 9.17) is 11.6 Å². The zero-order chi connectivity index (χ0) is 18.5. The number of rotatable bonds is 6.